The van der Waals surface area contributed by atoms with Crippen LogP contribution in [0.15, 0.2) is 0 Å². The molecule has 0 spiro atoms. The van der Waals surface area contributed by atoms with Gasteiger partial charge in [-0.25, -0.2) is 0 Å². The molecule has 0 fully saturated rings. The average Bonchev–Trinajstić information content (AvgIpc) is 1.98. The van der Waals surface area contributed by atoms with Gasteiger partial charge in [-0.15, -0.1) is 0 Å². The van der Waals surface area contributed by atoms with E-state index in [1.807, 2.05) is 0 Å². The lowest BCUT2D eigenvalue weighted by Crippen LogP contribution is -2.16. The van der Waals surface area contributed by atoms with Gasteiger partial charge in [-0.05, 0) is 6.42 Å². The predicted octanol–water partition coefficient (Wildman–Crippen LogP) is 1.60. The number of hydrogen-bond acceptors (Lipinski definition) is 2. The van der Waals surface area contributed by atoms with Gasteiger partial charge in [-0.2, -0.15) is 0 Å². The van der Waals surface area contributed by atoms with E-state index in [0.717, 1.165) is 23.9 Å². The molecule has 1 atom stereocenters. The highest BCUT2D eigenvalue weighted by Gasteiger charge is 1.99. The molecule has 0 saturated carbocycles. The van der Waals surface area contributed by atoms with Gasteiger partial charge in [0.2, 0.25) is 0 Å². The fourth-order valence-corrected chi connectivity index (χ4v) is 0.765. The van der Waals surface area contributed by atoms with Crippen molar-refractivity contribution in [1.82, 2.24) is 0 Å². The standard InChI is InChI=1S/C7H15IO2/c1-2-3-4-10-6-7(9)5-8/h7,9H,2-6H2,1H3/t7-/m0/s1. The van der Waals surface area contributed by atoms with Crippen LogP contribution >= 0.6 is 22.6 Å². The lowest BCUT2D eigenvalue weighted by atomic mass is 10.4. The summed E-state index contributed by atoms with van der Waals surface area (Å²) in [6, 6.07) is 0. The van der Waals surface area contributed by atoms with Crippen molar-refractivity contribution in [2.45, 2.75) is 25.9 Å². The van der Waals surface area contributed by atoms with Crippen LogP contribution in [0.3, 0.4) is 0 Å². The van der Waals surface area contributed by atoms with Crippen molar-refractivity contribution in [3.05, 3.63) is 0 Å². The van der Waals surface area contributed by atoms with Crippen LogP contribution in [0.2, 0.25) is 0 Å². The molecule has 1 N–H and O–H groups in total. The van der Waals surface area contributed by atoms with E-state index in [-0.39, 0.29) is 6.10 Å². The van der Waals surface area contributed by atoms with E-state index in [9.17, 15) is 0 Å². The maximum absolute atomic E-state index is 9.02. The van der Waals surface area contributed by atoms with Crippen LogP contribution in [0.1, 0.15) is 19.8 Å². The van der Waals surface area contributed by atoms with Crippen molar-refractivity contribution >= 4 is 22.6 Å². The number of alkyl halides is 1. The summed E-state index contributed by atoms with van der Waals surface area (Å²) in [7, 11) is 0. The molecular formula is C7H15IO2. The molecule has 0 bridgehead atoms. The molecule has 0 amide bonds. The first-order chi connectivity index (χ1) is 4.81. The molecule has 0 aromatic carbocycles. The second kappa shape index (κ2) is 7.75. The number of halogens is 1. The highest BCUT2D eigenvalue weighted by Crippen LogP contribution is 1.93. The SMILES string of the molecule is CCCCOC[C@@H](O)CI. The highest BCUT2D eigenvalue weighted by atomic mass is 127. The van der Waals surface area contributed by atoms with Gasteiger partial charge in [0.15, 0.2) is 0 Å². The zero-order valence-corrected chi connectivity index (χ0v) is 8.50. The van der Waals surface area contributed by atoms with Crippen molar-refractivity contribution in [3.63, 3.8) is 0 Å². The fraction of sp³-hybridized carbons (Fsp3) is 1.00. The van der Waals surface area contributed by atoms with E-state index in [1.165, 1.54) is 0 Å². The van der Waals surface area contributed by atoms with Gasteiger partial charge in [0.25, 0.3) is 0 Å². The Hall–Kier alpha value is 0.650. The van der Waals surface area contributed by atoms with Crippen LogP contribution in [-0.2, 0) is 4.74 Å². The molecule has 0 aromatic heterocycles. The Balaban J connectivity index is 2.89. The van der Waals surface area contributed by atoms with Crippen LogP contribution in [-0.4, -0.2) is 28.9 Å². The molecule has 3 heteroatoms. The number of hydrogen-bond donors (Lipinski definition) is 1. The number of ether oxygens (including phenoxy) is 1. The Labute approximate surface area is 76.1 Å². The van der Waals surface area contributed by atoms with Crippen molar-refractivity contribution in [3.8, 4) is 0 Å². The van der Waals surface area contributed by atoms with Gasteiger partial charge in [-0.1, -0.05) is 35.9 Å². The van der Waals surface area contributed by atoms with E-state index in [2.05, 4.69) is 29.5 Å². The number of aliphatic hydroxyl groups excluding tert-OH is 1. The third-order valence-corrected chi connectivity index (χ3v) is 2.15. The van der Waals surface area contributed by atoms with Gasteiger partial charge in [-0.3, -0.25) is 0 Å². The maximum atomic E-state index is 9.02. The second-order valence-electron chi connectivity index (χ2n) is 2.24. The molecule has 0 aliphatic carbocycles. The first-order valence-corrected chi connectivity index (χ1v) is 5.15. The molecule has 0 radical (unpaired) electrons. The lowest BCUT2D eigenvalue weighted by Gasteiger charge is -2.06. The number of rotatable bonds is 6. The van der Waals surface area contributed by atoms with Crippen LogP contribution in [0.4, 0.5) is 0 Å². The molecule has 2 nitrogen and oxygen atoms in total. The molecule has 0 unspecified atom stereocenters. The Morgan fingerprint density at radius 1 is 1.60 bits per heavy atom. The molecule has 0 heterocycles. The van der Waals surface area contributed by atoms with E-state index < -0.39 is 0 Å². The van der Waals surface area contributed by atoms with Crippen LogP contribution in [0.5, 0.6) is 0 Å². The van der Waals surface area contributed by atoms with E-state index in [1.54, 1.807) is 0 Å². The number of unbranched alkanes of at least 4 members (excludes halogenated alkanes) is 1. The van der Waals surface area contributed by atoms with Gasteiger partial charge < -0.3 is 9.84 Å². The van der Waals surface area contributed by atoms with E-state index in [0.29, 0.717) is 6.61 Å². The third kappa shape index (κ3) is 6.77. The zero-order chi connectivity index (χ0) is 7.82. The summed E-state index contributed by atoms with van der Waals surface area (Å²) in [6.07, 6.45) is 1.96. The van der Waals surface area contributed by atoms with Gasteiger partial charge in [0, 0.05) is 11.0 Å². The van der Waals surface area contributed by atoms with Crippen molar-refractivity contribution in [1.29, 1.82) is 0 Å². The van der Waals surface area contributed by atoms with E-state index in [4.69, 9.17) is 9.84 Å². The largest absolute Gasteiger partial charge is 0.390 e. The first-order valence-electron chi connectivity index (χ1n) is 3.63. The predicted molar refractivity (Wildman–Crippen MR) is 50.6 cm³/mol. The average molecular weight is 258 g/mol. The minimum absolute atomic E-state index is 0.280. The van der Waals surface area contributed by atoms with Gasteiger partial charge >= 0.3 is 0 Å². The minimum atomic E-state index is -0.280. The molecule has 0 saturated heterocycles. The summed E-state index contributed by atoms with van der Waals surface area (Å²) in [4.78, 5) is 0. The van der Waals surface area contributed by atoms with Gasteiger partial charge in [0.05, 0.1) is 12.7 Å². The normalized spacial score (nSPS) is 13.5. The van der Waals surface area contributed by atoms with Crippen molar-refractivity contribution in [2.24, 2.45) is 0 Å². The minimum Gasteiger partial charge on any atom is -0.390 e. The zero-order valence-electron chi connectivity index (χ0n) is 6.35. The Morgan fingerprint density at radius 2 is 2.30 bits per heavy atom. The summed E-state index contributed by atoms with van der Waals surface area (Å²) in [5.41, 5.74) is 0. The molecule has 0 aliphatic rings. The first kappa shape index (κ1) is 10.7. The Kier molecular flexibility index (Phi) is 8.26. The molecule has 62 valence electrons. The number of aliphatic hydroxyl groups is 1. The summed E-state index contributed by atoms with van der Waals surface area (Å²) < 4.78 is 5.93. The maximum Gasteiger partial charge on any atom is 0.0862 e. The molecule has 10 heavy (non-hydrogen) atoms. The van der Waals surface area contributed by atoms with Crippen molar-refractivity contribution in [2.75, 3.05) is 17.6 Å². The third-order valence-electron chi connectivity index (χ3n) is 1.13. The van der Waals surface area contributed by atoms with Crippen molar-refractivity contribution < 1.29 is 9.84 Å². The summed E-state index contributed by atoms with van der Waals surface area (Å²) in [6.45, 7) is 3.39. The van der Waals surface area contributed by atoms with Crippen LogP contribution in [0, 0.1) is 0 Å². The fourth-order valence-electron chi connectivity index (χ4n) is 0.510. The summed E-state index contributed by atoms with van der Waals surface area (Å²) in [5.74, 6) is 0. The molecular weight excluding hydrogens is 243 g/mol. The van der Waals surface area contributed by atoms with Gasteiger partial charge in [0.1, 0.15) is 0 Å². The lowest BCUT2D eigenvalue weighted by molar-refractivity contribution is 0.0487. The smallest absolute Gasteiger partial charge is 0.0862 e. The Morgan fingerprint density at radius 3 is 2.80 bits per heavy atom. The molecule has 0 aromatic rings. The summed E-state index contributed by atoms with van der Waals surface area (Å²) in [5, 5.41) is 9.02. The topological polar surface area (TPSA) is 29.5 Å². The second-order valence-corrected chi connectivity index (χ2v) is 3.12. The molecule has 0 aliphatic heterocycles. The summed E-state index contributed by atoms with van der Waals surface area (Å²) >= 11 is 2.14. The monoisotopic (exact) mass is 258 g/mol. The Bertz CT molecular complexity index is 68.6. The quantitative estimate of drug-likeness (QED) is 0.445. The van der Waals surface area contributed by atoms with E-state index >= 15 is 0 Å². The molecule has 0 rings (SSSR count). The highest BCUT2D eigenvalue weighted by molar-refractivity contribution is 14.1. The van der Waals surface area contributed by atoms with Crippen LogP contribution in [0.25, 0.3) is 0 Å². The van der Waals surface area contributed by atoms with Crippen LogP contribution < -0.4 is 0 Å².